The third-order valence-electron chi connectivity index (χ3n) is 5.90. The maximum Gasteiger partial charge on any atom is 0.253 e. The summed E-state index contributed by atoms with van der Waals surface area (Å²) in [6, 6.07) is 13.6. The summed E-state index contributed by atoms with van der Waals surface area (Å²) in [5.41, 5.74) is 1.24. The lowest BCUT2D eigenvalue weighted by Crippen LogP contribution is -2.43. The Morgan fingerprint density at radius 3 is 2.33 bits per heavy atom. The van der Waals surface area contributed by atoms with Crippen molar-refractivity contribution in [2.45, 2.75) is 48.7 Å². The van der Waals surface area contributed by atoms with Crippen LogP contribution in [0.4, 0.5) is 10.1 Å². The summed E-state index contributed by atoms with van der Waals surface area (Å²) in [6.45, 7) is 1.00. The monoisotopic (exact) mass is 426 g/mol. The van der Waals surface area contributed by atoms with E-state index < -0.39 is 0 Å². The van der Waals surface area contributed by atoms with Gasteiger partial charge < -0.3 is 10.2 Å². The van der Waals surface area contributed by atoms with Gasteiger partial charge in [-0.15, -0.1) is 11.8 Å². The van der Waals surface area contributed by atoms with Gasteiger partial charge in [-0.3, -0.25) is 9.59 Å². The minimum atomic E-state index is -0.366. The average Bonchev–Trinajstić information content (AvgIpc) is 3.28. The Hall–Kier alpha value is -2.34. The molecule has 2 fully saturated rings. The summed E-state index contributed by atoms with van der Waals surface area (Å²) in [4.78, 5) is 28.4. The number of hydrogen-bond donors (Lipinski definition) is 1. The summed E-state index contributed by atoms with van der Waals surface area (Å²) < 4.78 is 13.1. The number of likely N-dealkylation sites (tertiary alicyclic amines) is 1. The molecule has 2 aromatic carbocycles. The minimum absolute atomic E-state index is 0.0530. The molecule has 1 atom stereocenters. The van der Waals surface area contributed by atoms with Crippen LogP contribution in [0, 0.1) is 11.7 Å². The topological polar surface area (TPSA) is 49.4 Å². The first kappa shape index (κ1) is 20.9. The number of nitrogens with one attached hydrogen (secondary N) is 1. The van der Waals surface area contributed by atoms with E-state index in [9.17, 15) is 14.0 Å². The lowest BCUT2D eigenvalue weighted by Gasteiger charge is -2.32. The van der Waals surface area contributed by atoms with Crippen LogP contribution in [-0.4, -0.2) is 35.1 Å². The Labute approximate surface area is 181 Å². The SMILES string of the molecule is O=C(Nc1ccc(SC2CCCC2)cc1)C1CCCN(C(=O)c2ccc(F)cc2)C1. The fourth-order valence-corrected chi connectivity index (χ4v) is 5.46. The lowest BCUT2D eigenvalue weighted by molar-refractivity contribution is -0.121. The minimum Gasteiger partial charge on any atom is -0.338 e. The standard InChI is InChI=1S/C24H27FN2O2S/c25-19-9-7-17(8-10-19)24(29)27-15-3-4-18(16-27)23(28)26-20-11-13-22(14-12-20)30-21-5-1-2-6-21/h7-14,18,21H,1-6,15-16H2,(H,26,28). The van der Waals surface area contributed by atoms with Gasteiger partial charge in [0.25, 0.3) is 5.91 Å². The lowest BCUT2D eigenvalue weighted by atomic mass is 9.96. The second-order valence-electron chi connectivity index (χ2n) is 8.14. The summed E-state index contributed by atoms with van der Waals surface area (Å²) >= 11 is 1.93. The Kier molecular flexibility index (Phi) is 6.72. The molecule has 1 heterocycles. The van der Waals surface area contributed by atoms with E-state index in [0.717, 1.165) is 23.8 Å². The van der Waals surface area contributed by atoms with E-state index in [1.54, 1.807) is 4.90 Å². The molecule has 0 bridgehead atoms. The maximum atomic E-state index is 13.1. The van der Waals surface area contributed by atoms with Crippen molar-refractivity contribution in [2.24, 2.45) is 5.92 Å². The molecule has 2 aliphatic rings. The molecule has 1 saturated carbocycles. The van der Waals surface area contributed by atoms with E-state index in [1.807, 2.05) is 23.9 Å². The number of amides is 2. The van der Waals surface area contributed by atoms with E-state index in [2.05, 4.69) is 17.4 Å². The number of piperidine rings is 1. The van der Waals surface area contributed by atoms with Crippen LogP contribution >= 0.6 is 11.8 Å². The predicted octanol–water partition coefficient (Wildman–Crippen LogP) is 5.35. The molecule has 1 N–H and O–H groups in total. The zero-order chi connectivity index (χ0) is 20.9. The highest BCUT2D eigenvalue weighted by Crippen LogP contribution is 2.35. The molecule has 158 valence electrons. The number of thioether (sulfide) groups is 1. The maximum absolute atomic E-state index is 13.1. The Balaban J connectivity index is 1.32. The van der Waals surface area contributed by atoms with E-state index in [0.29, 0.717) is 18.7 Å². The third-order valence-corrected chi connectivity index (χ3v) is 7.25. The van der Waals surface area contributed by atoms with Gasteiger partial charge >= 0.3 is 0 Å². The zero-order valence-electron chi connectivity index (χ0n) is 17.0. The van der Waals surface area contributed by atoms with E-state index in [1.165, 1.54) is 54.8 Å². The van der Waals surface area contributed by atoms with Crippen LogP contribution in [-0.2, 0) is 4.79 Å². The van der Waals surface area contributed by atoms with Crippen LogP contribution in [0.5, 0.6) is 0 Å². The molecule has 0 aromatic heterocycles. The second kappa shape index (κ2) is 9.65. The predicted molar refractivity (Wildman–Crippen MR) is 118 cm³/mol. The number of anilines is 1. The first-order chi connectivity index (χ1) is 14.6. The molecule has 6 heteroatoms. The fourth-order valence-electron chi connectivity index (χ4n) is 4.21. The molecule has 1 aliphatic carbocycles. The number of benzene rings is 2. The quantitative estimate of drug-likeness (QED) is 0.701. The van der Waals surface area contributed by atoms with Gasteiger partial charge in [-0.2, -0.15) is 0 Å². The van der Waals surface area contributed by atoms with Crippen LogP contribution in [0.3, 0.4) is 0 Å². The van der Waals surface area contributed by atoms with Gasteiger partial charge in [0.1, 0.15) is 5.82 Å². The summed E-state index contributed by atoms with van der Waals surface area (Å²) in [6.07, 6.45) is 6.77. The molecule has 1 unspecified atom stereocenters. The number of halogens is 1. The van der Waals surface area contributed by atoms with Crippen molar-refractivity contribution < 1.29 is 14.0 Å². The average molecular weight is 427 g/mol. The first-order valence-electron chi connectivity index (χ1n) is 10.7. The largest absolute Gasteiger partial charge is 0.338 e. The highest BCUT2D eigenvalue weighted by Gasteiger charge is 2.29. The van der Waals surface area contributed by atoms with Crippen LogP contribution in [0.1, 0.15) is 48.9 Å². The van der Waals surface area contributed by atoms with Crippen molar-refractivity contribution in [3.05, 3.63) is 59.9 Å². The molecule has 4 nitrogen and oxygen atoms in total. The molecule has 2 aromatic rings. The summed E-state index contributed by atoms with van der Waals surface area (Å²) in [5, 5.41) is 3.72. The smallest absolute Gasteiger partial charge is 0.253 e. The number of carbonyl (C=O) groups is 2. The highest BCUT2D eigenvalue weighted by atomic mass is 32.2. The number of nitrogens with zero attached hydrogens (tertiary/aromatic N) is 1. The molecular weight excluding hydrogens is 399 g/mol. The molecule has 1 aliphatic heterocycles. The van der Waals surface area contributed by atoms with Gasteiger partial charge in [-0.05, 0) is 74.2 Å². The fraction of sp³-hybridized carbons (Fsp3) is 0.417. The molecule has 0 spiro atoms. The molecule has 2 amide bonds. The molecule has 30 heavy (non-hydrogen) atoms. The third kappa shape index (κ3) is 5.22. The molecule has 0 radical (unpaired) electrons. The summed E-state index contributed by atoms with van der Waals surface area (Å²) in [7, 11) is 0. The number of hydrogen-bond acceptors (Lipinski definition) is 3. The van der Waals surface area contributed by atoms with Crippen LogP contribution < -0.4 is 5.32 Å². The van der Waals surface area contributed by atoms with Crippen LogP contribution in [0.25, 0.3) is 0 Å². The van der Waals surface area contributed by atoms with E-state index in [-0.39, 0.29) is 23.5 Å². The van der Waals surface area contributed by atoms with Gasteiger partial charge in [0.2, 0.25) is 5.91 Å². The van der Waals surface area contributed by atoms with Crippen molar-refractivity contribution in [1.82, 2.24) is 4.90 Å². The normalized spacial score (nSPS) is 19.6. The first-order valence-corrected chi connectivity index (χ1v) is 11.6. The van der Waals surface area contributed by atoms with Gasteiger partial charge in [-0.25, -0.2) is 4.39 Å². The van der Waals surface area contributed by atoms with Crippen LogP contribution in [0.2, 0.25) is 0 Å². The van der Waals surface area contributed by atoms with Gasteiger partial charge in [0.05, 0.1) is 5.92 Å². The van der Waals surface area contributed by atoms with Gasteiger partial charge in [-0.1, -0.05) is 12.8 Å². The van der Waals surface area contributed by atoms with E-state index in [4.69, 9.17) is 0 Å². The Morgan fingerprint density at radius 1 is 0.933 bits per heavy atom. The molecule has 4 rings (SSSR count). The van der Waals surface area contributed by atoms with Crippen molar-refractivity contribution in [3.8, 4) is 0 Å². The zero-order valence-corrected chi connectivity index (χ0v) is 17.8. The van der Waals surface area contributed by atoms with Crippen molar-refractivity contribution >= 4 is 29.3 Å². The van der Waals surface area contributed by atoms with Gasteiger partial charge in [0, 0.05) is 34.5 Å². The van der Waals surface area contributed by atoms with Crippen molar-refractivity contribution in [1.29, 1.82) is 0 Å². The van der Waals surface area contributed by atoms with E-state index >= 15 is 0 Å². The second-order valence-corrected chi connectivity index (χ2v) is 9.51. The molecule has 1 saturated heterocycles. The van der Waals surface area contributed by atoms with Crippen LogP contribution in [0.15, 0.2) is 53.4 Å². The number of rotatable bonds is 5. The van der Waals surface area contributed by atoms with Crippen molar-refractivity contribution in [3.63, 3.8) is 0 Å². The summed E-state index contributed by atoms with van der Waals surface area (Å²) in [5.74, 6) is -0.811. The van der Waals surface area contributed by atoms with Crippen molar-refractivity contribution in [2.75, 3.05) is 18.4 Å². The Bertz CT molecular complexity index is 879. The Morgan fingerprint density at radius 2 is 1.63 bits per heavy atom. The number of carbonyl (C=O) groups excluding carboxylic acids is 2. The molecular formula is C24H27FN2O2S. The highest BCUT2D eigenvalue weighted by molar-refractivity contribution is 8.00. The van der Waals surface area contributed by atoms with Gasteiger partial charge in [0.15, 0.2) is 0 Å².